The molecule has 4 rings (SSSR count). The Morgan fingerprint density at radius 1 is 1.10 bits per heavy atom. The Morgan fingerprint density at radius 3 is 2.48 bits per heavy atom. The van der Waals surface area contributed by atoms with E-state index in [2.05, 4.69) is 4.98 Å². The molecule has 0 atom stereocenters. The number of carbonyl (C=O) groups excluding carboxylic acids is 1. The summed E-state index contributed by atoms with van der Waals surface area (Å²) in [6, 6.07) is 14.2. The summed E-state index contributed by atoms with van der Waals surface area (Å²) in [4.78, 5) is 43.3. The van der Waals surface area contributed by atoms with Crippen molar-refractivity contribution >= 4 is 16.9 Å². The zero-order chi connectivity index (χ0) is 22.1. The minimum absolute atomic E-state index is 0.0756. The predicted octanol–water partition coefficient (Wildman–Crippen LogP) is 2.57. The Morgan fingerprint density at radius 2 is 1.84 bits per heavy atom. The molecule has 0 bridgehead atoms. The van der Waals surface area contributed by atoms with Crippen molar-refractivity contribution < 1.29 is 9.53 Å². The first-order valence-electron chi connectivity index (χ1n) is 9.89. The normalized spacial score (nSPS) is 11.1. The predicted molar refractivity (Wildman–Crippen MR) is 117 cm³/mol. The number of aromatic nitrogens is 4. The van der Waals surface area contributed by atoms with Gasteiger partial charge in [0.1, 0.15) is 5.75 Å². The first-order chi connectivity index (χ1) is 14.9. The summed E-state index contributed by atoms with van der Waals surface area (Å²) >= 11 is 0. The molecule has 0 aliphatic carbocycles. The quantitative estimate of drug-likeness (QED) is 0.449. The van der Waals surface area contributed by atoms with Crippen LogP contribution in [0.25, 0.3) is 16.9 Å². The molecule has 0 amide bonds. The second-order valence-corrected chi connectivity index (χ2v) is 7.20. The van der Waals surface area contributed by atoms with E-state index in [1.54, 1.807) is 44.4 Å². The lowest BCUT2D eigenvalue weighted by Gasteiger charge is -2.12. The molecule has 2 heterocycles. The second kappa shape index (κ2) is 8.06. The molecule has 0 aliphatic heterocycles. The minimum Gasteiger partial charge on any atom is -0.497 e. The Balaban J connectivity index is 1.86. The van der Waals surface area contributed by atoms with Gasteiger partial charge in [-0.3, -0.25) is 14.2 Å². The van der Waals surface area contributed by atoms with Crippen LogP contribution in [0, 0.1) is 6.92 Å². The highest BCUT2D eigenvalue weighted by molar-refractivity contribution is 5.96. The van der Waals surface area contributed by atoms with Crippen LogP contribution in [0.3, 0.4) is 0 Å². The number of methoxy groups -OCH3 is 1. The maximum atomic E-state index is 13.1. The zero-order valence-corrected chi connectivity index (χ0v) is 17.5. The standard InChI is InChI=1S/C23H22N4O4/c1-4-26-22(29)20-21(27(23(26)30)17-7-5-6-15(2)12-17)24-14-25(20)13-19(28)16-8-10-18(31-3)11-9-16/h5-12,14H,4,13H2,1-3H3. The van der Waals surface area contributed by atoms with Crippen LogP contribution in [0.4, 0.5) is 0 Å². The number of fused-ring (bicyclic) bond motifs is 1. The number of rotatable bonds is 6. The van der Waals surface area contributed by atoms with Gasteiger partial charge in [-0.05, 0) is 55.8 Å². The molecule has 2 aromatic heterocycles. The summed E-state index contributed by atoms with van der Waals surface area (Å²) in [6.07, 6.45) is 1.43. The van der Waals surface area contributed by atoms with E-state index in [0.29, 0.717) is 17.0 Å². The number of carbonyl (C=O) groups is 1. The molecule has 0 unspecified atom stereocenters. The van der Waals surface area contributed by atoms with Crippen LogP contribution in [0.2, 0.25) is 0 Å². The molecule has 4 aromatic rings. The molecule has 2 aromatic carbocycles. The van der Waals surface area contributed by atoms with Gasteiger partial charge in [0.15, 0.2) is 16.9 Å². The van der Waals surface area contributed by atoms with Gasteiger partial charge in [-0.15, -0.1) is 0 Å². The number of ether oxygens (including phenoxy) is 1. The van der Waals surface area contributed by atoms with E-state index in [0.717, 1.165) is 10.1 Å². The smallest absolute Gasteiger partial charge is 0.337 e. The molecular formula is C23H22N4O4. The van der Waals surface area contributed by atoms with Crippen molar-refractivity contribution in [3.8, 4) is 11.4 Å². The van der Waals surface area contributed by atoms with E-state index < -0.39 is 11.2 Å². The third-order valence-electron chi connectivity index (χ3n) is 5.20. The highest BCUT2D eigenvalue weighted by Gasteiger charge is 2.20. The van der Waals surface area contributed by atoms with E-state index in [-0.39, 0.29) is 30.0 Å². The van der Waals surface area contributed by atoms with Crippen LogP contribution < -0.4 is 16.0 Å². The average Bonchev–Trinajstić information content (AvgIpc) is 3.17. The molecule has 0 saturated heterocycles. The Kier molecular flexibility index (Phi) is 5.29. The number of imidazole rings is 1. The number of hydrogen-bond donors (Lipinski definition) is 0. The summed E-state index contributed by atoms with van der Waals surface area (Å²) in [5.41, 5.74) is 1.59. The first-order valence-corrected chi connectivity index (χ1v) is 9.89. The van der Waals surface area contributed by atoms with Crippen LogP contribution in [0.5, 0.6) is 5.75 Å². The van der Waals surface area contributed by atoms with Gasteiger partial charge in [-0.1, -0.05) is 12.1 Å². The highest BCUT2D eigenvalue weighted by atomic mass is 16.5. The van der Waals surface area contributed by atoms with Gasteiger partial charge in [0.2, 0.25) is 0 Å². The largest absolute Gasteiger partial charge is 0.497 e. The summed E-state index contributed by atoms with van der Waals surface area (Å²) in [5, 5.41) is 0. The van der Waals surface area contributed by atoms with Crippen molar-refractivity contribution in [1.29, 1.82) is 0 Å². The third-order valence-corrected chi connectivity index (χ3v) is 5.20. The maximum absolute atomic E-state index is 13.1. The molecule has 0 N–H and O–H groups in total. The molecule has 31 heavy (non-hydrogen) atoms. The first kappa shape index (κ1) is 20.3. The fraction of sp³-hybridized carbons (Fsp3) is 0.217. The molecule has 0 radical (unpaired) electrons. The van der Waals surface area contributed by atoms with Crippen molar-refractivity contribution in [2.75, 3.05) is 7.11 Å². The number of nitrogens with zero attached hydrogens (tertiary/aromatic N) is 4. The topological polar surface area (TPSA) is 88.1 Å². The van der Waals surface area contributed by atoms with Crippen LogP contribution in [0.15, 0.2) is 64.4 Å². The summed E-state index contributed by atoms with van der Waals surface area (Å²) in [6.45, 7) is 3.79. The molecule has 8 heteroatoms. The van der Waals surface area contributed by atoms with Gasteiger partial charge in [-0.2, -0.15) is 0 Å². The molecule has 0 saturated carbocycles. The number of aryl methyl sites for hydroxylation is 1. The van der Waals surface area contributed by atoms with Crippen LogP contribution in [0.1, 0.15) is 22.8 Å². The lowest BCUT2D eigenvalue weighted by Crippen LogP contribution is -2.39. The summed E-state index contributed by atoms with van der Waals surface area (Å²) in [7, 11) is 1.56. The van der Waals surface area contributed by atoms with E-state index in [1.807, 2.05) is 25.1 Å². The fourth-order valence-electron chi connectivity index (χ4n) is 3.60. The van der Waals surface area contributed by atoms with Crippen molar-refractivity contribution in [3.05, 3.63) is 86.8 Å². The highest BCUT2D eigenvalue weighted by Crippen LogP contribution is 2.16. The number of benzene rings is 2. The van der Waals surface area contributed by atoms with Gasteiger partial charge in [0.05, 0.1) is 25.7 Å². The van der Waals surface area contributed by atoms with Crippen molar-refractivity contribution in [2.24, 2.45) is 0 Å². The number of Topliss-reactive ketones (excluding diaryl/α,β-unsaturated/α-hetero) is 1. The van der Waals surface area contributed by atoms with E-state index in [1.165, 1.54) is 15.5 Å². The van der Waals surface area contributed by atoms with Gasteiger partial charge >= 0.3 is 5.69 Å². The molecule has 0 aliphatic rings. The van der Waals surface area contributed by atoms with Crippen molar-refractivity contribution in [1.82, 2.24) is 18.7 Å². The van der Waals surface area contributed by atoms with Gasteiger partial charge in [-0.25, -0.2) is 14.3 Å². The van der Waals surface area contributed by atoms with Gasteiger partial charge in [0.25, 0.3) is 5.56 Å². The van der Waals surface area contributed by atoms with Gasteiger partial charge in [0, 0.05) is 12.1 Å². The number of hydrogen-bond acceptors (Lipinski definition) is 5. The molecule has 158 valence electrons. The van der Waals surface area contributed by atoms with Crippen LogP contribution in [-0.2, 0) is 13.1 Å². The van der Waals surface area contributed by atoms with E-state index >= 15 is 0 Å². The fourth-order valence-corrected chi connectivity index (χ4v) is 3.60. The summed E-state index contributed by atoms with van der Waals surface area (Å²) in [5.74, 6) is 0.468. The zero-order valence-electron chi connectivity index (χ0n) is 17.5. The monoisotopic (exact) mass is 418 g/mol. The third kappa shape index (κ3) is 3.56. The van der Waals surface area contributed by atoms with Crippen LogP contribution in [-0.4, -0.2) is 31.6 Å². The number of ketones is 1. The Hall–Kier alpha value is -3.94. The lowest BCUT2D eigenvalue weighted by atomic mass is 10.1. The molecular weight excluding hydrogens is 396 g/mol. The molecule has 0 fully saturated rings. The minimum atomic E-state index is -0.466. The lowest BCUT2D eigenvalue weighted by molar-refractivity contribution is 0.0973. The Labute approximate surface area is 178 Å². The second-order valence-electron chi connectivity index (χ2n) is 7.20. The van der Waals surface area contributed by atoms with Crippen LogP contribution >= 0.6 is 0 Å². The summed E-state index contributed by atoms with van der Waals surface area (Å²) < 4.78 is 9.20. The van der Waals surface area contributed by atoms with Crippen molar-refractivity contribution in [3.63, 3.8) is 0 Å². The molecule has 0 spiro atoms. The average molecular weight is 418 g/mol. The van der Waals surface area contributed by atoms with Crippen molar-refractivity contribution in [2.45, 2.75) is 26.9 Å². The SMILES string of the molecule is CCn1c(=O)c2c(ncn2CC(=O)c2ccc(OC)cc2)n(-c2cccc(C)c2)c1=O. The van der Waals surface area contributed by atoms with E-state index in [9.17, 15) is 14.4 Å². The van der Waals surface area contributed by atoms with E-state index in [4.69, 9.17) is 4.74 Å². The molecule has 8 nitrogen and oxygen atoms in total. The van der Waals surface area contributed by atoms with Gasteiger partial charge < -0.3 is 9.30 Å². The maximum Gasteiger partial charge on any atom is 0.337 e. The Bertz CT molecular complexity index is 1390.